The second-order valence-corrected chi connectivity index (χ2v) is 9.79. The number of amides is 1. The van der Waals surface area contributed by atoms with Gasteiger partial charge in [-0.05, 0) is 42.0 Å². The lowest BCUT2D eigenvalue weighted by Crippen LogP contribution is -2.40. The quantitative estimate of drug-likeness (QED) is 0.355. The Morgan fingerprint density at radius 2 is 1.97 bits per heavy atom. The number of ether oxygens (including phenoxy) is 1. The van der Waals surface area contributed by atoms with Crippen molar-refractivity contribution in [2.45, 2.75) is 13.1 Å². The van der Waals surface area contributed by atoms with Gasteiger partial charge in [0.05, 0.1) is 34.6 Å². The summed E-state index contributed by atoms with van der Waals surface area (Å²) in [5.41, 5.74) is 5.85. The zero-order valence-electron chi connectivity index (χ0n) is 18.3. The van der Waals surface area contributed by atoms with Crippen LogP contribution in [0.3, 0.4) is 0 Å². The highest BCUT2D eigenvalue weighted by Gasteiger charge is 2.33. The van der Waals surface area contributed by atoms with E-state index in [9.17, 15) is 4.79 Å². The van der Waals surface area contributed by atoms with Crippen LogP contribution in [0.1, 0.15) is 16.1 Å². The molecule has 4 aromatic heterocycles. The third-order valence-corrected chi connectivity index (χ3v) is 7.33. The Kier molecular flexibility index (Phi) is 5.12. The zero-order chi connectivity index (χ0) is 23.2. The molecule has 1 aliphatic heterocycles. The van der Waals surface area contributed by atoms with Crippen molar-refractivity contribution in [3.63, 3.8) is 0 Å². The number of hydrogen-bond donors (Lipinski definition) is 1. The summed E-state index contributed by atoms with van der Waals surface area (Å²) < 4.78 is 7.75. The van der Waals surface area contributed by atoms with Crippen molar-refractivity contribution in [1.82, 2.24) is 24.6 Å². The standard InChI is InChI=1S/C25H20ClN5O2S/c1-33-16-4-2-15(3-5-16)14-30-12-13-31-24(25(30)32)21(19-6-7-20(26)34-19)23(29-31)17-8-10-27-18-9-11-28-22(17)18/h2-11,28H,12-14H2,1H3. The molecule has 1 N–H and O–H groups in total. The number of methoxy groups -OCH3 is 1. The maximum absolute atomic E-state index is 13.8. The number of carbonyl (C=O) groups is 1. The van der Waals surface area contributed by atoms with E-state index >= 15 is 0 Å². The molecule has 0 unspecified atom stereocenters. The van der Waals surface area contributed by atoms with Gasteiger partial charge >= 0.3 is 0 Å². The Balaban J connectivity index is 1.47. The highest BCUT2D eigenvalue weighted by Crippen LogP contribution is 2.42. The lowest BCUT2D eigenvalue weighted by molar-refractivity contribution is 0.0684. The largest absolute Gasteiger partial charge is 0.497 e. The van der Waals surface area contributed by atoms with Gasteiger partial charge in [-0.2, -0.15) is 5.10 Å². The van der Waals surface area contributed by atoms with Gasteiger partial charge in [-0.25, -0.2) is 0 Å². The molecule has 0 fully saturated rings. The van der Waals surface area contributed by atoms with E-state index in [1.54, 1.807) is 13.3 Å². The van der Waals surface area contributed by atoms with Crippen LogP contribution in [-0.2, 0) is 13.1 Å². The zero-order valence-corrected chi connectivity index (χ0v) is 19.9. The Bertz CT molecular complexity index is 1520. The van der Waals surface area contributed by atoms with Crippen molar-refractivity contribution in [3.8, 4) is 27.4 Å². The second-order valence-electron chi connectivity index (χ2n) is 8.07. The van der Waals surface area contributed by atoms with Crippen LogP contribution in [0.25, 0.3) is 32.7 Å². The van der Waals surface area contributed by atoms with E-state index in [4.69, 9.17) is 21.4 Å². The summed E-state index contributed by atoms with van der Waals surface area (Å²) in [6.07, 6.45) is 3.63. The third-order valence-electron chi connectivity index (χ3n) is 6.08. The van der Waals surface area contributed by atoms with Crippen LogP contribution in [-0.4, -0.2) is 44.2 Å². The van der Waals surface area contributed by atoms with Crippen LogP contribution in [0, 0.1) is 0 Å². The second kappa shape index (κ2) is 8.30. The van der Waals surface area contributed by atoms with E-state index in [2.05, 4.69) is 9.97 Å². The Morgan fingerprint density at radius 3 is 2.74 bits per heavy atom. The number of aromatic amines is 1. The molecule has 0 radical (unpaired) electrons. The number of rotatable bonds is 5. The number of pyridine rings is 1. The fraction of sp³-hybridized carbons (Fsp3) is 0.160. The first kappa shape index (κ1) is 20.9. The van der Waals surface area contributed by atoms with Gasteiger partial charge in [0.1, 0.15) is 17.1 Å². The van der Waals surface area contributed by atoms with Crippen molar-refractivity contribution in [1.29, 1.82) is 0 Å². The molecule has 0 saturated carbocycles. The Labute approximate surface area is 204 Å². The SMILES string of the molecule is COc1ccc(CN2CCn3nc(-c4ccnc5cc[nH]c45)c(-c4ccc(Cl)s4)c3C2=O)cc1. The van der Waals surface area contributed by atoms with Gasteiger partial charge in [0.15, 0.2) is 0 Å². The minimum atomic E-state index is -0.0443. The number of benzene rings is 1. The molecular formula is C25H20ClN5O2S. The first-order valence-corrected chi connectivity index (χ1v) is 12.0. The smallest absolute Gasteiger partial charge is 0.273 e. The summed E-state index contributed by atoms with van der Waals surface area (Å²) in [5.74, 6) is 0.749. The van der Waals surface area contributed by atoms with E-state index < -0.39 is 0 Å². The van der Waals surface area contributed by atoms with Crippen molar-refractivity contribution < 1.29 is 9.53 Å². The number of carbonyl (C=O) groups excluding carboxylic acids is 1. The Hall–Kier alpha value is -3.62. The summed E-state index contributed by atoms with van der Waals surface area (Å²) in [6.45, 7) is 1.71. The molecule has 1 aliphatic rings. The molecule has 5 aromatic rings. The van der Waals surface area contributed by atoms with E-state index in [0.717, 1.165) is 44.0 Å². The lowest BCUT2D eigenvalue weighted by atomic mass is 10.0. The predicted molar refractivity (Wildman–Crippen MR) is 133 cm³/mol. The number of hydrogen-bond acceptors (Lipinski definition) is 5. The molecule has 9 heteroatoms. The summed E-state index contributed by atoms with van der Waals surface area (Å²) in [4.78, 5) is 24.3. The van der Waals surface area contributed by atoms with Crippen LogP contribution >= 0.6 is 22.9 Å². The minimum absolute atomic E-state index is 0.0443. The first-order chi connectivity index (χ1) is 16.6. The molecule has 1 amide bonds. The number of aromatic nitrogens is 4. The van der Waals surface area contributed by atoms with Crippen LogP contribution in [0.5, 0.6) is 5.75 Å². The maximum atomic E-state index is 13.8. The number of halogens is 1. The van der Waals surface area contributed by atoms with Gasteiger partial charge in [-0.15, -0.1) is 11.3 Å². The fourth-order valence-corrected chi connectivity index (χ4v) is 5.53. The maximum Gasteiger partial charge on any atom is 0.273 e. The molecule has 7 nitrogen and oxygen atoms in total. The van der Waals surface area contributed by atoms with E-state index in [0.29, 0.717) is 29.7 Å². The summed E-state index contributed by atoms with van der Waals surface area (Å²) in [7, 11) is 1.64. The van der Waals surface area contributed by atoms with E-state index in [-0.39, 0.29) is 5.91 Å². The number of nitrogens with one attached hydrogen (secondary N) is 1. The number of H-pyrrole nitrogens is 1. The topological polar surface area (TPSA) is 76.0 Å². The monoisotopic (exact) mass is 489 g/mol. The van der Waals surface area contributed by atoms with Crippen molar-refractivity contribution in [3.05, 3.63) is 76.5 Å². The average molecular weight is 490 g/mol. The number of thiophene rings is 1. The molecule has 0 bridgehead atoms. The first-order valence-electron chi connectivity index (χ1n) is 10.8. The fourth-order valence-electron chi connectivity index (χ4n) is 4.44. The average Bonchev–Trinajstić information content (AvgIpc) is 3.59. The minimum Gasteiger partial charge on any atom is -0.497 e. The Morgan fingerprint density at radius 1 is 1.12 bits per heavy atom. The molecule has 0 aliphatic carbocycles. The molecule has 1 aromatic carbocycles. The highest BCUT2D eigenvalue weighted by atomic mass is 35.5. The molecular weight excluding hydrogens is 470 g/mol. The number of fused-ring (bicyclic) bond motifs is 2. The van der Waals surface area contributed by atoms with Crippen molar-refractivity contribution in [2.75, 3.05) is 13.7 Å². The molecule has 6 rings (SSSR count). The van der Waals surface area contributed by atoms with Crippen LogP contribution in [0.4, 0.5) is 0 Å². The summed E-state index contributed by atoms with van der Waals surface area (Å²) in [6, 6.07) is 15.5. The van der Waals surface area contributed by atoms with Crippen LogP contribution < -0.4 is 4.74 Å². The van der Waals surface area contributed by atoms with E-state index in [1.165, 1.54) is 11.3 Å². The number of nitrogens with zero attached hydrogens (tertiary/aromatic N) is 4. The van der Waals surface area contributed by atoms with Gasteiger partial charge in [0.25, 0.3) is 5.91 Å². The van der Waals surface area contributed by atoms with Gasteiger partial charge in [-0.3, -0.25) is 14.5 Å². The van der Waals surface area contributed by atoms with Crippen LogP contribution in [0.15, 0.2) is 60.9 Å². The molecule has 170 valence electrons. The van der Waals surface area contributed by atoms with Gasteiger partial charge in [-0.1, -0.05) is 23.7 Å². The summed E-state index contributed by atoms with van der Waals surface area (Å²) in [5, 5.41) is 4.92. The highest BCUT2D eigenvalue weighted by molar-refractivity contribution is 7.19. The predicted octanol–water partition coefficient (Wildman–Crippen LogP) is 5.47. The summed E-state index contributed by atoms with van der Waals surface area (Å²) >= 11 is 7.75. The lowest BCUT2D eigenvalue weighted by Gasteiger charge is -2.28. The van der Waals surface area contributed by atoms with Crippen molar-refractivity contribution in [2.24, 2.45) is 0 Å². The van der Waals surface area contributed by atoms with Gasteiger partial charge in [0.2, 0.25) is 0 Å². The third kappa shape index (κ3) is 3.46. The molecule has 0 atom stereocenters. The molecule has 5 heterocycles. The molecule has 0 saturated heterocycles. The molecule has 0 spiro atoms. The van der Waals surface area contributed by atoms with Gasteiger partial charge < -0.3 is 14.6 Å². The van der Waals surface area contributed by atoms with Crippen molar-refractivity contribution >= 4 is 39.9 Å². The van der Waals surface area contributed by atoms with E-state index in [1.807, 2.05) is 64.3 Å². The van der Waals surface area contributed by atoms with Gasteiger partial charge in [0, 0.05) is 35.9 Å². The molecule has 34 heavy (non-hydrogen) atoms. The van der Waals surface area contributed by atoms with Crippen LogP contribution in [0.2, 0.25) is 4.34 Å². The normalized spacial score (nSPS) is 13.5.